The van der Waals surface area contributed by atoms with Crippen LogP contribution >= 0.6 is 11.3 Å². The summed E-state index contributed by atoms with van der Waals surface area (Å²) >= 11 is 1.06. The van der Waals surface area contributed by atoms with Gasteiger partial charge in [0.1, 0.15) is 5.00 Å². The number of imide groups is 1. The van der Waals surface area contributed by atoms with Gasteiger partial charge in [0.25, 0.3) is 0 Å². The molecule has 0 saturated heterocycles. The Bertz CT molecular complexity index is 950. The third-order valence-electron chi connectivity index (χ3n) is 5.11. The average Bonchev–Trinajstić information content (AvgIpc) is 3.17. The minimum atomic E-state index is -0.582. The molecule has 1 heterocycles. The number of nitrogens with one attached hydrogen (secondary N) is 1. The topological polar surface area (TPSA) is 110 Å². The van der Waals surface area contributed by atoms with Crippen molar-refractivity contribution in [3.8, 4) is 0 Å². The van der Waals surface area contributed by atoms with Crippen LogP contribution in [-0.4, -0.2) is 47.5 Å². The molecule has 0 radical (unpaired) electrons. The standard InChI is InChI=1S/C25H34N2O6S.C2H6/c1-7-13-20(30)27(24(31)16(4)8-2)15-12-10-11-14-19(29)26-23-21(25(32)33-9-3)17(5)22(34-23)18(6)28;1-2/h7-8,16H,1-2,9-15H2,3-6H3,(H,26,29);1-2H3. The first-order valence-corrected chi connectivity index (χ1v) is 13.1. The van der Waals surface area contributed by atoms with Crippen LogP contribution in [0.5, 0.6) is 0 Å². The van der Waals surface area contributed by atoms with Gasteiger partial charge in [0, 0.05) is 19.4 Å². The van der Waals surface area contributed by atoms with E-state index in [2.05, 4.69) is 18.5 Å². The molecular formula is C27H40N2O6S. The maximum Gasteiger partial charge on any atom is 0.341 e. The van der Waals surface area contributed by atoms with E-state index < -0.39 is 11.9 Å². The number of hydrogen-bond donors (Lipinski definition) is 1. The molecule has 8 nitrogen and oxygen atoms in total. The van der Waals surface area contributed by atoms with Crippen molar-refractivity contribution in [2.24, 2.45) is 5.92 Å². The molecule has 0 spiro atoms. The Hall–Kier alpha value is -3.07. The van der Waals surface area contributed by atoms with Crippen LogP contribution in [0, 0.1) is 12.8 Å². The number of ketones is 1. The minimum Gasteiger partial charge on any atom is -0.462 e. The lowest BCUT2D eigenvalue weighted by Gasteiger charge is -2.22. The minimum absolute atomic E-state index is 0.0727. The van der Waals surface area contributed by atoms with Crippen LogP contribution in [0.4, 0.5) is 5.00 Å². The predicted octanol–water partition coefficient (Wildman–Crippen LogP) is 5.71. The molecule has 1 aromatic heterocycles. The van der Waals surface area contributed by atoms with Crippen LogP contribution in [0.3, 0.4) is 0 Å². The van der Waals surface area contributed by atoms with E-state index >= 15 is 0 Å². The number of Topliss-reactive ketones (excluding diaryl/α,β-unsaturated/α-hetero) is 1. The van der Waals surface area contributed by atoms with Crippen LogP contribution in [0.1, 0.15) is 92.3 Å². The highest BCUT2D eigenvalue weighted by molar-refractivity contribution is 7.18. The maximum absolute atomic E-state index is 12.5. The number of amides is 3. The molecule has 0 aliphatic rings. The van der Waals surface area contributed by atoms with Crippen LogP contribution in [-0.2, 0) is 19.1 Å². The van der Waals surface area contributed by atoms with Gasteiger partial charge in [0.2, 0.25) is 17.7 Å². The summed E-state index contributed by atoms with van der Waals surface area (Å²) in [6.07, 6.45) is 4.91. The monoisotopic (exact) mass is 520 g/mol. The molecule has 1 N–H and O–H groups in total. The van der Waals surface area contributed by atoms with E-state index in [-0.39, 0.29) is 55.1 Å². The molecule has 1 aromatic rings. The van der Waals surface area contributed by atoms with Gasteiger partial charge in [-0.3, -0.25) is 24.1 Å². The van der Waals surface area contributed by atoms with Crippen molar-refractivity contribution in [3.63, 3.8) is 0 Å². The van der Waals surface area contributed by atoms with Gasteiger partial charge >= 0.3 is 5.97 Å². The number of unbranched alkanes of at least 4 members (excludes halogenated alkanes) is 2. The SMILES string of the molecule is C=CCC(=O)N(CCCCCC(=O)Nc1sc(C(C)=O)c(C)c1C(=O)OCC)C(=O)C(C)C=C.CC. The number of ether oxygens (including phenoxy) is 1. The van der Waals surface area contributed by atoms with Crippen molar-refractivity contribution in [2.75, 3.05) is 18.5 Å². The normalized spacial score (nSPS) is 10.8. The molecule has 0 aliphatic heterocycles. The van der Waals surface area contributed by atoms with Crippen LogP contribution in [0.25, 0.3) is 0 Å². The van der Waals surface area contributed by atoms with E-state index in [1.807, 2.05) is 13.8 Å². The fraction of sp³-hybridized carbons (Fsp3) is 0.519. The van der Waals surface area contributed by atoms with Crippen molar-refractivity contribution < 1.29 is 28.7 Å². The van der Waals surface area contributed by atoms with E-state index in [1.165, 1.54) is 24.0 Å². The van der Waals surface area contributed by atoms with Crippen LogP contribution < -0.4 is 5.32 Å². The van der Waals surface area contributed by atoms with Gasteiger partial charge in [-0.2, -0.15) is 0 Å². The number of carbonyl (C=O) groups excluding carboxylic acids is 5. The van der Waals surface area contributed by atoms with E-state index in [9.17, 15) is 24.0 Å². The Kier molecular flexibility index (Phi) is 15.9. The molecule has 200 valence electrons. The van der Waals surface area contributed by atoms with E-state index in [0.29, 0.717) is 34.7 Å². The molecule has 0 fully saturated rings. The fourth-order valence-electron chi connectivity index (χ4n) is 3.25. The summed E-state index contributed by atoms with van der Waals surface area (Å²) in [4.78, 5) is 63.0. The Balaban J connectivity index is 0.00000596. The van der Waals surface area contributed by atoms with Crippen molar-refractivity contribution >= 4 is 45.8 Å². The first kappa shape index (κ1) is 32.9. The van der Waals surface area contributed by atoms with E-state index in [4.69, 9.17) is 4.74 Å². The quantitative estimate of drug-likeness (QED) is 0.146. The van der Waals surface area contributed by atoms with Gasteiger partial charge in [0.05, 0.1) is 23.0 Å². The summed E-state index contributed by atoms with van der Waals surface area (Å²) in [6, 6.07) is 0. The zero-order valence-corrected chi connectivity index (χ0v) is 23.2. The largest absolute Gasteiger partial charge is 0.462 e. The molecule has 1 rings (SSSR count). The smallest absolute Gasteiger partial charge is 0.341 e. The van der Waals surface area contributed by atoms with Crippen LogP contribution in [0.15, 0.2) is 25.3 Å². The Morgan fingerprint density at radius 3 is 2.28 bits per heavy atom. The molecule has 36 heavy (non-hydrogen) atoms. The third kappa shape index (κ3) is 9.89. The molecule has 0 aliphatic carbocycles. The molecule has 3 amide bonds. The molecule has 0 bridgehead atoms. The molecule has 0 aromatic carbocycles. The molecule has 1 unspecified atom stereocenters. The summed E-state index contributed by atoms with van der Waals surface area (Å²) in [7, 11) is 0. The second-order valence-electron chi connectivity index (χ2n) is 7.80. The van der Waals surface area contributed by atoms with E-state index in [0.717, 1.165) is 11.3 Å². The second-order valence-corrected chi connectivity index (χ2v) is 8.82. The average molecular weight is 521 g/mol. The second kappa shape index (κ2) is 17.4. The zero-order chi connectivity index (χ0) is 27.8. The lowest BCUT2D eigenvalue weighted by molar-refractivity contribution is -0.146. The number of esters is 1. The van der Waals surface area contributed by atoms with Gasteiger partial charge in [-0.15, -0.1) is 24.5 Å². The Labute approximate surface area is 218 Å². The van der Waals surface area contributed by atoms with Gasteiger partial charge in [-0.05, 0) is 39.2 Å². The van der Waals surface area contributed by atoms with E-state index in [1.54, 1.807) is 20.8 Å². The molecule has 0 saturated carbocycles. The number of hydrogen-bond acceptors (Lipinski definition) is 7. The van der Waals surface area contributed by atoms with Crippen molar-refractivity contribution in [2.45, 2.75) is 73.6 Å². The molecule has 1 atom stereocenters. The third-order valence-corrected chi connectivity index (χ3v) is 6.42. The highest BCUT2D eigenvalue weighted by Gasteiger charge is 2.25. The summed E-state index contributed by atoms with van der Waals surface area (Å²) in [5.41, 5.74) is 0.700. The predicted molar refractivity (Wildman–Crippen MR) is 144 cm³/mol. The molecular weight excluding hydrogens is 480 g/mol. The van der Waals surface area contributed by atoms with Crippen molar-refractivity contribution in [3.05, 3.63) is 41.3 Å². The van der Waals surface area contributed by atoms with Gasteiger partial charge in [0.15, 0.2) is 5.78 Å². The summed E-state index contributed by atoms with van der Waals surface area (Å²) in [5, 5.41) is 3.03. The van der Waals surface area contributed by atoms with Gasteiger partial charge in [-0.1, -0.05) is 39.3 Å². The first-order chi connectivity index (χ1) is 17.1. The fourth-order valence-corrected chi connectivity index (χ4v) is 4.35. The summed E-state index contributed by atoms with van der Waals surface area (Å²) < 4.78 is 5.07. The van der Waals surface area contributed by atoms with Gasteiger partial charge in [-0.25, -0.2) is 4.79 Å². The number of thiophene rings is 1. The first-order valence-electron chi connectivity index (χ1n) is 12.3. The summed E-state index contributed by atoms with van der Waals surface area (Å²) in [5.74, 6) is -2.15. The highest BCUT2D eigenvalue weighted by Crippen LogP contribution is 2.34. The number of anilines is 1. The lowest BCUT2D eigenvalue weighted by atomic mass is 10.1. The summed E-state index contributed by atoms with van der Waals surface area (Å²) in [6.45, 7) is 18.0. The Morgan fingerprint density at radius 1 is 1.11 bits per heavy atom. The van der Waals surface area contributed by atoms with Crippen molar-refractivity contribution in [1.29, 1.82) is 0 Å². The highest BCUT2D eigenvalue weighted by atomic mass is 32.1. The number of carbonyl (C=O) groups is 5. The van der Waals surface area contributed by atoms with Gasteiger partial charge < -0.3 is 10.1 Å². The zero-order valence-electron chi connectivity index (χ0n) is 22.4. The maximum atomic E-state index is 12.5. The number of nitrogens with zero attached hydrogens (tertiary/aromatic N) is 1. The van der Waals surface area contributed by atoms with Crippen LogP contribution in [0.2, 0.25) is 0 Å². The number of rotatable bonds is 14. The molecule has 9 heteroatoms. The van der Waals surface area contributed by atoms with Crippen molar-refractivity contribution in [1.82, 2.24) is 4.90 Å². The lowest BCUT2D eigenvalue weighted by Crippen LogP contribution is -2.40. The Morgan fingerprint density at radius 2 is 1.75 bits per heavy atom.